The third-order valence-corrected chi connectivity index (χ3v) is 6.33. The monoisotopic (exact) mass is 530 g/mol. The molecule has 1 aromatic heterocycles. The highest BCUT2D eigenvalue weighted by molar-refractivity contribution is 6.39. The maximum Gasteiger partial charge on any atom is 0.322 e. The fourth-order valence-corrected chi connectivity index (χ4v) is 4.21. The van der Waals surface area contributed by atoms with Gasteiger partial charge in [-0.3, -0.25) is 4.79 Å². The van der Waals surface area contributed by atoms with Gasteiger partial charge in [-0.15, -0.1) is 0 Å². The number of nitrogens with zero attached hydrogens (tertiary/aromatic N) is 3. The first-order valence-corrected chi connectivity index (χ1v) is 12.6. The molecule has 3 rings (SSSR count). The maximum atomic E-state index is 13.6. The molecular formula is C27H32Cl2N4O3. The lowest BCUT2D eigenvalue weighted by Crippen LogP contribution is -2.45. The Morgan fingerprint density at radius 3 is 2.31 bits per heavy atom. The number of halogens is 2. The Morgan fingerprint density at radius 2 is 1.67 bits per heavy atom. The molecule has 9 heteroatoms. The van der Waals surface area contributed by atoms with Gasteiger partial charge < -0.3 is 24.4 Å². The Morgan fingerprint density at radius 1 is 0.944 bits per heavy atom. The molecule has 0 aliphatic rings. The van der Waals surface area contributed by atoms with Crippen LogP contribution in [0.15, 0.2) is 66.9 Å². The summed E-state index contributed by atoms with van der Waals surface area (Å²) in [6.07, 6.45) is 2.53. The molecule has 1 N–H and O–H groups in total. The van der Waals surface area contributed by atoms with Gasteiger partial charge in [0.05, 0.1) is 22.3 Å². The summed E-state index contributed by atoms with van der Waals surface area (Å²) in [5, 5.41) is 3.43. The van der Waals surface area contributed by atoms with E-state index in [2.05, 4.69) is 5.32 Å². The van der Waals surface area contributed by atoms with Crippen molar-refractivity contribution in [3.63, 3.8) is 0 Å². The number of benzene rings is 2. The van der Waals surface area contributed by atoms with Crippen LogP contribution < -0.4 is 5.32 Å². The molecule has 0 aliphatic carbocycles. The molecule has 0 atom stereocenters. The second kappa shape index (κ2) is 13.9. The smallest absolute Gasteiger partial charge is 0.322 e. The predicted molar refractivity (Wildman–Crippen MR) is 144 cm³/mol. The van der Waals surface area contributed by atoms with Gasteiger partial charge in [0.15, 0.2) is 0 Å². The molecule has 0 unspecified atom stereocenters. The van der Waals surface area contributed by atoms with Gasteiger partial charge in [-0.1, -0.05) is 59.6 Å². The summed E-state index contributed by atoms with van der Waals surface area (Å²) in [4.78, 5) is 30.1. The van der Waals surface area contributed by atoms with Crippen molar-refractivity contribution in [2.75, 3.05) is 31.6 Å². The van der Waals surface area contributed by atoms with Crippen LogP contribution in [0.3, 0.4) is 0 Å². The lowest BCUT2D eigenvalue weighted by molar-refractivity contribution is -0.133. The molecule has 0 aliphatic heterocycles. The van der Waals surface area contributed by atoms with Gasteiger partial charge in [-0.05, 0) is 43.2 Å². The van der Waals surface area contributed by atoms with Crippen LogP contribution in [-0.4, -0.2) is 52.6 Å². The number of anilines is 1. The molecule has 192 valence electrons. The zero-order valence-electron chi connectivity index (χ0n) is 20.6. The third kappa shape index (κ3) is 8.01. The van der Waals surface area contributed by atoms with Gasteiger partial charge in [0, 0.05) is 45.2 Å². The number of aryl methyl sites for hydroxylation is 1. The van der Waals surface area contributed by atoms with Crippen molar-refractivity contribution in [1.82, 2.24) is 14.4 Å². The molecule has 3 amide bonds. The summed E-state index contributed by atoms with van der Waals surface area (Å²) < 4.78 is 7.42. The third-order valence-electron chi connectivity index (χ3n) is 5.70. The number of urea groups is 1. The molecule has 0 saturated heterocycles. The number of carbonyl (C=O) groups excluding carboxylic acids is 2. The van der Waals surface area contributed by atoms with Crippen molar-refractivity contribution < 1.29 is 14.3 Å². The Labute approximate surface area is 222 Å². The van der Waals surface area contributed by atoms with E-state index in [4.69, 9.17) is 27.9 Å². The zero-order valence-corrected chi connectivity index (χ0v) is 22.1. The molecule has 3 aromatic rings. The highest BCUT2D eigenvalue weighted by Gasteiger charge is 2.23. The number of ether oxygens (including phenoxy) is 1. The Kier molecular flexibility index (Phi) is 10.7. The number of nitrogens with one attached hydrogen (secondary N) is 1. The van der Waals surface area contributed by atoms with E-state index < -0.39 is 6.03 Å². The molecule has 2 aromatic carbocycles. The van der Waals surface area contributed by atoms with E-state index in [1.165, 1.54) is 4.90 Å². The van der Waals surface area contributed by atoms with Crippen LogP contribution in [0.1, 0.15) is 24.6 Å². The zero-order chi connectivity index (χ0) is 25.9. The van der Waals surface area contributed by atoms with Crippen molar-refractivity contribution in [3.8, 4) is 0 Å². The quantitative estimate of drug-likeness (QED) is 0.300. The fraction of sp³-hybridized carbons (Fsp3) is 0.333. The SMILES string of the molecule is CCOCCCN(CC(=O)N(Cc1ccccc1)Cc1cccn1C)C(=O)Nc1c(Cl)cccc1Cl. The van der Waals surface area contributed by atoms with Crippen LogP contribution in [0.5, 0.6) is 0 Å². The second-order valence-electron chi connectivity index (χ2n) is 8.34. The Hall–Kier alpha value is -3.00. The number of carbonyl (C=O) groups is 2. The largest absolute Gasteiger partial charge is 0.382 e. The van der Waals surface area contributed by atoms with Crippen molar-refractivity contribution >= 4 is 40.8 Å². The first-order chi connectivity index (χ1) is 17.4. The summed E-state index contributed by atoms with van der Waals surface area (Å²) >= 11 is 12.5. The van der Waals surface area contributed by atoms with E-state index in [1.807, 2.05) is 67.2 Å². The van der Waals surface area contributed by atoms with Crippen LogP contribution in [0.4, 0.5) is 10.5 Å². The van der Waals surface area contributed by atoms with Gasteiger partial charge >= 0.3 is 6.03 Å². The Bertz CT molecular complexity index is 1120. The van der Waals surface area contributed by atoms with E-state index in [0.717, 1.165) is 11.3 Å². The fourth-order valence-electron chi connectivity index (χ4n) is 3.71. The van der Waals surface area contributed by atoms with E-state index in [0.29, 0.717) is 55.0 Å². The minimum atomic E-state index is -0.451. The van der Waals surface area contributed by atoms with Gasteiger partial charge in [0.2, 0.25) is 5.91 Å². The van der Waals surface area contributed by atoms with Crippen LogP contribution >= 0.6 is 23.2 Å². The number of aromatic nitrogens is 1. The molecule has 0 saturated carbocycles. The first-order valence-electron chi connectivity index (χ1n) is 11.9. The summed E-state index contributed by atoms with van der Waals surface area (Å²) in [7, 11) is 1.95. The van der Waals surface area contributed by atoms with Gasteiger partial charge in [-0.25, -0.2) is 4.79 Å². The summed E-state index contributed by atoms with van der Waals surface area (Å²) in [6.45, 7) is 4.07. The Balaban J connectivity index is 1.79. The minimum Gasteiger partial charge on any atom is -0.382 e. The van der Waals surface area contributed by atoms with Crippen molar-refractivity contribution in [1.29, 1.82) is 0 Å². The number of hydrogen-bond acceptors (Lipinski definition) is 3. The molecular weight excluding hydrogens is 499 g/mol. The van der Waals surface area contributed by atoms with Gasteiger partial charge in [0.25, 0.3) is 0 Å². The van der Waals surface area contributed by atoms with E-state index in [-0.39, 0.29) is 12.5 Å². The molecule has 0 spiro atoms. The number of para-hydroxylation sites is 1. The summed E-state index contributed by atoms with van der Waals surface area (Å²) in [6, 6.07) is 18.3. The maximum absolute atomic E-state index is 13.6. The average molecular weight is 531 g/mol. The van der Waals surface area contributed by atoms with E-state index >= 15 is 0 Å². The molecule has 1 heterocycles. The number of amides is 3. The topological polar surface area (TPSA) is 66.8 Å². The van der Waals surface area contributed by atoms with Crippen molar-refractivity contribution in [2.45, 2.75) is 26.4 Å². The van der Waals surface area contributed by atoms with E-state index in [1.54, 1.807) is 23.1 Å². The average Bonchev–Trinajstić information content (AvgIpc) is 3.27. The van der Waals surface area contributed by atoms with Crippen LogP contribution in [0, 0.1) is 0 Å². The predicted octanol–water partition coefficient (Wildman–Crippen LogP) is 5.82. The number of hydrogen-bond donors (Lipinski definition) is 1. The standard InChI is InChI=1S/C27H32Cl2N4O3/c1-3-36-17-9-16-32(27(35)30-26-23(28)13-7-14-24(26)29)20-25(34)33(18-21-10-5-4-6-11-21)19-22-12-8-15-31(22)2/h4-8,10-15H,3,9,16-20H2,1-2H3,(H,30,35). The molecule has 36 heavy (non-hydrogen) atoms. The molecule has 0 bridgehead atoms. The highest BCUT2D eigenvalue weighted by atomic mass is 35.5. The normalized spacial score (nSPS) is 10.8. The minimum absolute atomic E-state index is 0.0999. The summed E-state index contributed by atoms with van der Waals surface area (Å²) in [5.41, 5.74) is 2.32. The van der Waals surface area contributed by atoms with E-state index in [9.17, 15) is 9.59 Å². The second-order valence-corrected chi connectivity index (χ2v) is 9.16. The van der Waals surface area contributed by atoms with Crippen molar-refractivity contribution in [3.05, 3.63) is 88.2 Å². The van der Waals surface area contributed by atoms with Crippen molar-refractivity contribution in [2.24, 2.45) is 7.05 Å². The first kappa shape index (κ1) is 27.6. The van der Waals surface area contributed by atoms with Crippen LogP contribution in [-0.2, 0) is 29.7 Å². The van der Waals surface area contributed by atoms with Gasteiger partial charge in [0.1, 0.15) is 6.54 Å². The molecule has 7 nitrogen and oxygen atoms in total. The van der Waals surface area contributed by atoms with Crippen LogP contribution in [0.25, 0.3) is 0 Å². The van der Waals surface area contributed by atoms with Crippen LogP contribution in [0.2, 0.25) is 10.0 Å². The molecule has 0 radical (unpaired) electrons. The lowest BCUT2D eigenvalue weighted by Gasteiger charge is -2.28. The molecule has 0 fully saturated rings. The lowest BCUT2D eigenvalue weighted by atomic mass is 10.2. The van der Waals surface area contributed by atoms with Gasteiger partial charge in [-0.2, -0.15) is 0 Å². The highest BCUT2D eigenvalue weighted by Crippen LogP contribution is 2.30. The number of rotatable bonds is 12. The summed E-state index contributed by atoms with van der Waals surface area (Å²) in [5.74, 6) is -0.170.